The van der Waals surface area contributed by atoms with Gasteiger partial charge in [-0.25, -0.2) is 0 Å². The van der Waals surface area contributed by atoms with Gasteiger partial charge in [-0.05, 0) is 51.9 Å². The van der Waals surface area contributed by atoms with Gasteiger partial charge in [0, 0.05) is 50.4 Å². The van der Waals surface area contributed by atoms with Crippen molar-refractivity contribution in [2.24, 2.45) is 22.9 Å². The van der Waals surface area contributed by atoms with Crippen LogP contribution in [0.25, 0.3) is 0 Å². The molecule has 0 spiro atoms. The summed E-state index contributed by atoms with van der Waals surface area (Å²) in [6.07, 6.45) is 2.19. The highest BCUT2D eigenvalue weighted by atomic mass is 28.6. The minimum atomic E-state index is -3.78. The Balaban J connectivity index is 0.00000387. The Morgan fingerprint density at radius 1 is 0.341 bits per heavy atom. The zero-order valence-corrected chi connectivity index (χ0v) is 31.7. The van der Waals surface area contributed by atoms with Gasteiger partial charge in [0.25, 0.3) is 0 Å². The van der Waals surface area contributed by atoms with Crippen LogP contribution in [0.4, 0.5) is 0 Å². The Kier molecular flexibility index (Phi) is 10.5. The Bertz CT molecular complexity index is 788. The van der Waals surface area contributed by atoms with E-state index in [0.29, 0.717) is 76.0 Å². The first-order valence-electron chi connectivity index (χ1n) is 13.9. The Hall–Kier alpha value is 1.10. The maximum absolute atomic E-state index is 7.11. The molecular formula is C17H48N4O12Si8. The van der Waals surface area contributed by atoms with Crippen molar-refractivity contribution in [3.63, 3.8) is 0 Å². The van der Waals surface area contributed by atoms with Gasteiger partial charge >= 0.3 is 70.4 Å². The van der Waals surface area contributed by atoms with Crippen LogP contribution in [0.3, 0.4) is 0 Å². The average Bonchev–Trinajstić information content (AvgIpc) is 2.78. The van der Waals surface area contributed by atoms with E-state index in [2.05, 4.69) is 0 Å². The minimum Gasteiger partial charge on any atom is -0.374 e. The lowest BCUT2D eigenvalue weighted by molar-refractivity contribution is -0.0244. The molecule has 0 aromatic carbocycles. The van der Waals surface area contributed by atoms with E-state index in [9.17, 15) is 0 Å². The number of nitrogens with two attached hydrogens (primary N) is 4. The summed E-state index contributed by atoms with van der Waals surface area (Å²) in [5.74, 6) is 0. The van der Waals surface area contributed by atoms with Crippen LogP contribution < -0.4 is 22.9 Å². The molecule has 6 aliphatic heterocycles. The fourth-order valence-electron chi connectivity index (χ4n) is 5.81. The zero-order chi connectivity index (χ0) is 29.0. The average molecular weight is 725 g/mol. The predicted molar refractivity (Wildman–Crippen MR) is 163 cm³/mol. The van der Waals surface area contributed by atoms with E-state index in [4.69, 9.17) is 72.3 Å². The molecule has 0 aromatic heterocycles. The van der Waals surface area contributed by atoms with Gasteiger partial charge in [-0.3, -0.25) is 0 Å². The first-order valence-corrected chi connectivity index (χ1v) is 30.6. The molecule has 0 aromatic rings. The molecule has 6 rings (SSSR count). The fourth-order valence-corrected chi connectivity index (χ4v) is 53.7. The highest BCUT2D eigenvalue weighted by Crippen LogP contribution is 2.51. The van der Waals surface area contributed by atoms with Gasteiger partial charge in [0.05, 0.1) is 0 Å². The van der Waals surface area contributed by atoms with Crippen molar-refractivity contribution in [2.45, 2.75) is 83.5 Å². The Morgan fingerprint density at radius 2 is 0.537 bits per heavy atom. The molecule has 6 heterocycles. The van der Waals surface area contributed by atoms with Gasteiger partial charge in [0.1, 0.15) is 0 Å². The summed E-state index contributed by atoms with van der Waals surface area (Å²) in [5, 5.41) is 0. The van der Waals surface area contributed by atoms with E-state index < -0.39 is 70.4 Å². The van der Waals surface area contributed by atoms with E-state index in [1.807, 2.05) is 0 Å². The van der Waals surface area contributed by atoms with Gasteiger partial charge < -0.3 is 72.3 Å². The van der Waals surface area contributed by atoms with E-state index in [-0.39, 0.29) is 7.43 Å². The molecule has 6 saturated heterocycles. The van der Waals surface area contributed by atoms with Crippen molar-refractivity contribution < 1.29 is 49.4 Å². The third-order valence-electron chi connectivity index (χ3n) is 6.84. The molecule has 240 valence electrons. The highest BCUT2D eigenvalue weighted by molar-refractivity contribution is 7.02. The van der Waals surface area contributed by atoms with Crippen molar-refractivity contribution in [1.82, 2.24) is 0 Å². The first kappa shape index (κ1) is 35.0. The van der Waals surface area contributed by atoms with Crippen molar-refractivity contribution in [2.75, 3.05) is 26.2 Å². The molecule has 41 heavy (non-hydrogen) atoms. The van der Waals surface area contributed by atoms with Crippen molar-refractivity contribution in [3.8, 4) is 0 Å². The summed E-state index contributed by atoms with van der Waals surface area (Å²) in [6.45, 7) is 8.63. The number of hydrogen-bond donors (Lipinski definition) is 4. The van der Waals surface area contributed by atoms with Gasteiger partial charge in [-0.1, -0.05) is 7.43 Å². The normalized spacial score (nSPS) is 48.6. The molecule has 0 atom stereocenters. The molecule has 16 nitrogen and oxygen atoms in total. The summed E-state index contributed by atoms with van der Waals surface area (Å²) in [6, 6.07) is 1.43. The molecule has 24 heteroatoms. The van der Waals surface area contributed by atoms with E-state index >= 15 is 0 Å². The van der Waals surface area contributed by atoms with E-state index in [1.165, 1.54) is 0 Å². The topological polar surface area (TPSA) is 215 Å². The lowest BCUT2D eigenvalue weighted by Gasteiger charge is -2.62. The molecular weight excluding hydrogens is 677 g/mol. The quantitative estimate of drug-likeness (QED) is 0.199. The first-order chi connectivity index (χ1) is 18.7. The third kappa shape index (κ3) is 7.25. The molecule has 8 bridgehead atoms. The van der Waals surface area contributed by atoms with Crippen LogP contribution in [-0.4, -0.2) is 96.6 Å². The fraction of sp³-hybridized carbons (Fsp3) is 1.00. The lowest BCUT2D eigenvalue weighted by atomic mass is 10.5. The molecule has 0 unspecified atom stereocenters. The predicted octanol–water partition coefficient (Wildman–Crippen LogP) is 0.315. The second-order valence-electron chi connectivity index (χ2n) is 11.0. The largest absolute Gasteiger partial charge is 0.478 e. The van der Waals surface area contributed by atoms with Gasteiger partial charge in [0.15, 0.2) is 0 Å². The molecule has 8 N–H and O–H groups in total. The molecule has 0 aliphatic carbocycles. The van der Waals surface area contributed by atoms with Crippen LogP contribution in [0.5, 0.6) is 0 Å². The lowest BCUT2D eigenvalue weighted by Crippen LogP contribution is -2.87. The molecule has 6 aliphatic rings. The monoisotopic (exact) mass is 724 g/mol. The Labute approximate surface area is 251 Å². The van der Waals surface area contributed by atoms with Crippen molar-refractivity contribution in [1.29, 1.82) is 0 Å². The van der Waals surface area contributed by atoms with Crippen LogP contribution in [0.2, 0.25) is 50.4 Å². The summed E-state index contributed by atoms with van der Waals surface area (Å²) in [5.41, 5.74) is 23.9. The van der Waals surface area contributed by atoms with Gasteiger partial charge in [-0.15, -0.1) is 0 Å². The SMILES string of the molecule is C.C[Si]12O[Si]3(C)O[Si]4(C)O[Si](C)(O1)O[Si]1(CCCN)O[Si](CCCN)(O2)O[Si](CCCN)(O3)O[Si](CCCN)(O4)O1. The maximum atomic E-state index is 7.11. The van der Waals surface area contributed by atoms with Crippen LogP contribution in [0.15, 0.2) is 0 Å². The number of rotatable bonds is 12. The maximum Gasteiger partial charge on any atom is 0.478 e. The second kappa shape index (κ2) is 12.4. The van der Waals surface area contributed by atoms with Crippen molar-refractivity contribution in [3.05, 3.63) is 0 Å². The minimum absolute atomic E-state index is 0. The summed E-state index contributed by atoms with van der Waals surface area (Å²) < 4.78 is 83.0. The molecule has 0 saturated carbocycles. The standard InChI is InChI=1S/C16H44N4O12Si8.CH4/c1-33-21-34(2)23-36(4)24-35(3,22-33)27-39(15-7-11-19)30-37(25-33,13-5-9-17)29-38(26-34,14-6-10-18)31-40(28-36,32-39)16-8-12-20;/h5-20H2,1-4H3;1H4. The third-order valence-corrected chi connectivity index (χ3v) is 43.4. The van der Waals surface area contributed by atoms with Gasteiger partial charge in [0.2, 0.25) is 0 Å². The van der Waals surface area contributed by atoms with Gasteiger partial charge in [-0.2, -0.15) is 0 Å². The summed E-state index contributed by atoms with van der Waals surface area (Å²) in [4.78, 5) is 0. The second-order valence-corrected chi connectivity index (χ2v) is 35.1. The van der Waals surface area contributed by atoms with Crippen LogP contribution in [-0.2, 0) is 49.4 Å². The summed E-state index contributed by atoms with van der Waals surface area (Å²) in [7, 11) is -29.7. The Morgan fingerprint density at radius 3 is 0.707 bits per heavy atom. The molecule has 0 radical (unpaired) electrons. The van der Waals surface area contributed by atoms with Crippen LogP contribution >= 0.6 is 0 Å². The van der Waals surface area contributed by atoms with Crippen molar-refractivity contribution >= 4 is 70.4 Å². The van der Waals surface area contributed by atoms with Crippen LogP contribution in [0, 0.1) is 0 Å². The van der Waals surface area contributed by atoms with Crippen LogP contribution in [0.1, 0.15) is 33.1 Å². The zero-order valence-electron chi connectivity index (χ0n) is 23.7. The highest BCUT2D eigenvalue weighted by Gasteiger charge is 2.80. The van der Waals surface area contributed by atoms with E-state index in [1.54, 1.807) is 26.2 Å². The smallest absolute Gasteiger partial charge is 0.374 e. The summed E-state index contributed by atoms with van der Waals surface area (Å²) >= 11 is 0. The van der Waals surface area contributed by atoms with E-state index in [0.717, 1.165) is 0 Å². The molecule has 0 amide bonds. The molecule has 6 fully saturated rings. The number of hydrogen-bond acceptors (Lipinski definition) is 16.